The fourth-order valence-electron chi connectivity index (χ4n) is 1.90. The van der Waals surface area contributed by atoms with Crippen LogP contribution in [0.4, 0.5) is 11.4 Å². The molecule has 1 aliphatic heterocycles. The third-order valence-electron chi connectivity index (χ3n) is 3.28. The van der Waals surface area contributed by atoms with Crippen molar-refractivity contribution in [3.63, 3.8) is 0 Å². The van der Waals surface area contributed by atoms with E-state index in [0.29, 0.717) is 6.54 Å². The van der Waals surface area contributed by atoms with Gasteiger partial charge < -0.3 is 16.0 Å². The molecule has 0 unspecified atom stereocenters. The number of anilines is 2. The van der Waals surface area contributed by atoms with Crippen LogP contribution in [0.15, 0.2) is 18.2 Å². The Balaban J connectivity index is 2.42. The van der Waals surface area contributed by atoms with Crippen molar-refractivity contribution in [1.82, 2.24) is 0 Å². The van der Waals surface area contributed by atoms with Gasteiger partial charge in [-0.05, 0) is 31.5 Å². The molecule has 0 saturated carbocycles. The first-order valence-electron chi connectivity index (χ1n) is 5.35. The molecule has 0 spiro atoms. The van der Waals surface area contributed by atoms with E-state index in [1.54, 1.807) is 0 Å². The van der Waals surface area contributed by atoms with E-state index in [-0.39, 0.29) is 5.54 Å². The Morgan fingerprint density at radius 2 is 2.20 bits per heavy atom. The zero-order valence-corrected chi connectivity index (χ0v) is 9.67. The van der Waals surface area contributed by atoms with Crippen molar-refractivity contribution < 1.29 is 0 Å². The Kier molecular flexibility index (Phi) is 2.35. The summed E-state index contributed by atoms with van der Waals surface area (Å²) in [5.74, 6) is 0. The molecule has 2 rings (SSSR count). The average molecular weight is 205 g/mol. The highest BCUT2D eigenvalue weighted by Gasteiger charge is 2.29. The molecule has 0 bridgehead atoms. The first kappa shape index (κ1) is 10.3. The van der Waals surface area contributed by atoms with Gasteiger partial charge in [-0.3, -0.25) is 0 Å². The van der Waals surface area contributed by atoms with Gasteiger partial charge in [0.1, 0.15) is 0 Å². The molecule has 82 valence electrons. The predicted octanol–water partition coefficient (Wildman–Crippen LogP) is 1.79. The summed E-state index contributed by atoms with van der Waals surface area (Å²) in [5, 5.41) is 3.46. The second-order valence-corrected chi connectivity index (χ2v) is 4.78. The quantitative estimate of drug-likeness (QED) is 0.734. The summed E-state index contributed by atoms with van der Waals surface area (Å²) in [6, 6.07) is 6.38. The number of likely N-dealkylation sites (N-methyl/N-ethyl adjacent to an activating group) is 1. The van der Waals surface area contributed by atoms with E-state index in [9.17, 15) is 0 Å². The molecule has 3 heteroatoms. The highest BCUT2D eigenvalue weighted by atomic mass is 15.2. The standard InChI is InChI=1S/C12H19N3/c1-12(2)8-14-10-6-9(7-13)4-5-11(10)15(12)3/h4-6,14H,7-8,13H2,1-3H3. The molecule has 0 aliphatic carbocycles. The summed E-state index contributed by atoms with van der Waals surface area (Å²) >= 11 is 0. The van der Waals surface area contributed by atoms with E-state index >= 15 is 0 Å². The normalized spacial score (nSPS) is 18.3. The van der Waals surface area contributed by atoms with Gasteiger partial charge in [0.15, 0.2) is 0 Å². The number of nitrogens with zero attached hydrogens (tertiary/aromatic N) is 1. The molecule has 1 aromatic carbocycles. The van der Waals surface area contributed by atoms with Crippen LogP contribution in [0, 0.1) is 0 Å². The predicted molar refractivity (Wildman–Crippen MR) is 65.3 cm³/mol. The maximum Gasteiger partial charge on any atom is 0.0604 e. The summed E-state index contributed by atoms with van der Waals surface area (Å²) in [6.07, 6.45) is 0. The minimum atomic E-state index is 0.164. The van der Waals surface area contributed by atoms with E-state index in [2.05, 4.69) is 49.3 Å². The van der Waals surface area contributed by atoms with E-state index in [1.165, 1.54) is 16.9 Å². The maximum absolute atomic E-state index is 5.63. The minimum absolute atomic E-state index is 0.164. The van der Waals surface area contributed by atoms with Crippen LogP contribution in [0.2, 0.25) is 0 Å². The van der Waals surface area contributed by atoms with Gasteiger partial charge in [-0.1, -0.05) is 6.07 Å². The lowest BCUT2D eigenvalue weighted by Gasteiger charge is -2.43. The number of nitrogens with two attached hydrogens (primary N) is 1. The first-order chi connectivity index (χ1) is 7.04. The van der Waals surface area contributed by atoms with E-state index in [4.69, 9.17) is 5.73 Å². The summed E-state index contributed by atoms with van der Waals surface area (Å²) in [5.41, 5.74) is 9.42. The monoisotopic (exact) mass is 205 g/mol. The molecule has 0 aromatic heterocycles. The van der Waals surface area contributed by atoms with E-state index in [1.807, 2.05) is 0 Å². The molecule has 1 aromatic rings. The molecule has 1 heterocycles. The lowest BCUT2D eigenvalue weighted by molar-refractivity contribution is 0.502. The maximum atomic E-state index is 5.63. The van der Waals surface area contributed by atoms with Crippen LogP contribution in [0.1, 0.15) is 19.4 Å². The Morgan fingerprint density at radius 1 is 1.47 bits per heavy atom. The molecule has 0 atom stereocenters. The number of rotatable bonds is 1. The molecule has 0 fully saturated rings. The molecular formula is C12H19N3. The van der Waals surface area contributed by atoms with Crippen molar-refractivity contribution >= 4 is 11.4 Å². The highest BCUT2D eigenvalue weighted by Crippen LogP contribution is 2.35. The van der Waals surface area contributed by atoms with Gasteiger partial charge in [0, 0.05) is 20.1 Å². The van der Waals surface area contributed by atoms with Gasteiger partial charge in [0.25, 0.3) is 0 Å². The van der Waals surface area contributed by atoms with Gasteiger partial charge in [0.05, 0.1) is 16.9 Å². The molecule has 0 saturated heterocycles. The fraction of sp³-hybridized carbons (Fsp3) is 0.500. The number of nitrogens with one attached hydrogen (secondary N) is 1. The zero-order valence-electron chi connectivity index (χ0n) is 9.67. The topological polar surface area (TPSA) is 41.3 Å². The van der Waals surface area contributed by atoms with Gasteiger partial charge in [-0.2, -0.15) is 0 Å². The molecule has 15 heavy (non-hydrogen) atoms. The molecule has 0 radical (unpaired) electrons. The Bertz CT molecular complexity index is 371. The first-order valence-corrected chi connectivity index (χ1v) is 5.35. The van der Waals surface area contributed by atoms with Crippen molar-refractivity contribution in [2.24, 2.45) is 5.73 Å². The van der Waals surface area contributed by atoms with Crippen LogP contribution in [0.5, 0.6) is 0 Å². The third-order valence-corrected chi connectivity index (χ3v) is 3.28. The summed E-state index contributed by atoms with van der Waals surface area (Å²) in [6.45, 7) is 6.03. The van der Waals surface area contributed by atoms with Crippen molar-refractivity contribution in [2.75, 3.05) is 23.8 Å². The SMILES string of the molecule is CN1c2ccc(CN)cc2NCC1(C)C. The van der Waals surface area contributed by atoms with Crippen LogP contribution < -0.4 is 16.0 Å². The van der Waals surface area contributed by atoms with Crippen molar-refractivity contribution in [3.05, 3.63) is 23.8 Å². The summed E-state index contributed by atoms with van der Waals surface area (Å²) in [4.78, 5) is 2.32. The van der Waals surface area contributed by atoms with Crippen molar-refractivity contribution in [3.8, 4) is 0 Å². The molecule has 1 aliphatic rings. The van der Waals surface area contributed by atoms with E-state index in [0.717, 1.165) is 6.54 Å². The second kappa shape index (κ2) is 3.42. The van der Waals surface area contributed by atoms with Crippen LogP contribution in [0.3, 0.4) is 0 Å². The molecule has 0 amide bonds. The fourth-order valence-corrected chi connectivity index (χ4v) is 1.90. The highest BCUT2D eigenvalue weighted by molar-refractivity contribution is 5.74. The number of hydrogen-bond acceptors (Lipinski definition) is 3. The van der Waals surface area contributed by atoms with Crippen LogP contribution in [-0.4, -0.2) is 19.1 Å². The lowest BCUT2D eigenvalue weighted by Crippen LogP contribution is -2.50. The van der Waals surface area contributed by atoms with Crippen molar-refractivity contribution in [1.29, 1.82) is 0 Å². The number of benzene rings is 1. The van der Waals surface area contributed by atoms with Gasteiger partial charge >= 0.3 is 0 Å². The Hall–Kier alpha value is -1.22. The Morgan fingerprint density at radius 3 is 2.87 bits per heavy atom. The molecule has 3 N–H and O–H groups in total. The molecular weight excluding hydrogens is 186 g/mol. The van der Waals surface area contributed by atoms with Gasteiger partial charge in [-0.15, -0.1) is 0 Å². The van der Waals surface area contributed by atoms with Crippen LogP contribution in [-0.2, 0) is 6.54 Å². The smallest absolute Gasteiger partial charge is 0.0604 e. The second-order valence-electron chi connectivity index (χ2n) is 4.78. The third kappa shape index (κ3) is 1.67. The Labute approximate surface area is 91.3 Å². The number of fused-ring (bicyclic) bond motifs is 1. The average Bonchev–Trinajstić information content (AvgIpc) is 2.23. The minimum Gasteiger partial charge on any atom is -0.381 e. The van der Waals surface area contributed by atoms with Gasteiger partial charge in [0.2, 0.25) is 0 Å². The van der Waals surface area contributed by atoms with Crippen molar-refractivity contribution in [2.45, 2.75) is 25.9 Å². The van der Waals surface area contributed by atoms with Gasteiger partial charge in [-0.25, -0.2) is 0 Å². The number of hydrogen-bond donors (Lipinski definition) is 2. The summed E-state index contributed by atoms with van der Waals surface area (Å²) < 4.78 is 0. The molecule has 3 nitrogen and oxygen atoms in total. The lowest BCUT2D eigenvalue weighted by atomic mass is 9.98. The zero-order chi connectivity index (χ0) is 11.1. The van der Waals surface area contributed by atoms with E-state index < -0.39 is 0 Å². The van der Waals surface area contributed by atoms with Crippen LogP contribution >= 0.6 is 0 Å². The largest absolute Gasteiger partial charge is 0.381 e. The summed E-state index contributed by atoms with van der Waals surface area (Å²) in [7, 11) is 2.14. The van der Waals surface area contributed by atoms with Crippen LogP contribution in [0.25, 0.3) is 0 Å².